The molecule has 0 aliphatic heterocycles. The van der Waals surface area contributed by atoms with Crippen LogP contribution in [0.25, 0.3) is 5.69 Å². The van der Waals surface area contributed by atoms with Crippen molar-refractivity contribution in [1.82, 2.24) is 9.36 Å². The van der Waals surface area contributed by atoms with Crippen LogP contribution in [0.5, 0.6) is 0 Å². The molecule has 0 bridgehead atoms. The van der Waals surface area contributed by atoms with Gasteiger partial charge in [-0.15, -0.1) is 0 Å². The summed E-state index contributed by atoms with van der Waals surface area (Å²) in [6.45, 7) is 4.14. The number of aromatic nitrogens is 2. The zero-order chi connectivity index (χ0) is 14.2. The third-order valence-corrected chi connectivity index (χ3v) is 3.10. The Morgan fingerprint density at radius 2 is 1.84 bits per heavy atom. The molecule has 0 aliphatic carbocycles. The van der Waals surface area contributed by atoms with Crippen LogP contribution >= 0.6 is 0 Å². The predicted molar refractivity (Wildman–Crippen MR) is 73.9 cm³/mol. The highest BCUT2D eigenvalue weighted by molar-refractivity contribution is 5.45. The van der Waals surface area contributed by atoms with Crippen LogP contribution in [-0.2, 0) is 13.5 Å². The Morgan fingerprint density at radius 3 is 2.37 bits per heavy atom. The van der Waals surface area contributed by atoms with Crippen LogP contribution in [0.3, 0.4) is 0 Å². The maximum absolute atomic E-state index is 12.9. The molecule has 19 heavy (non-hydrogen) atoms. The fraction of sp³-hybridized carbons (Fsp3) is 0.357. The van der Waals surface area contributed by atoms with E-state index in [9.17, 15) is 9.18 Å². The van der Waals surface area contributed by atoms with Gasteiger partial charge >= 0.3 is 0 Å². The first-order valence-electron chi connectivity index (χ1n) is 6.24. The standard InChI is InChI=1S/C14H18FN3O/c1-9(2)8-12-13(16)14(19)18(17(12)3)11-6-4-10(15)5-7-11/h4-7,9H,8,16H2,1-3H3. The Hall–Kier alpha value is -2.04. The Kier molecular flexibility index (Phi) is 3.46. The van der Waals surface area contributed by atoms with Crippen molar-refractivity contribution in [2.24, 2.45) is 13.0 Å². The van der Waals surface area contributed by atoms with Gasteiger partial charge in [-0.1, -0.05) is 13.8 Å². The number of rotatable bonds is 3. The Labute approximate surface area is 111 Å². The number of halogens is 1. The maximum Gasteiger partial charge on any atom is 0.294 e. The molecular formula is C14H18FN3O. The van der Waals surface area contributed by atoms with E-state index in [1.165, 1.54) is 16.8 Å². The Bertz CT molecular complexity index is 638. The molecule has 5 heteroatoms. The average molecular weight is 263 g/mol. The second kappa shape index (κ2) is 4.91. The summed E-state index contributed by atoms with van der Waals surface area (Å²) in [7, 11) is 1.79. The van der Waals surface area contributed by atoms with E-state index >= 15 is 0 Å². The Balaban J connectivity index is 2.59. The summed E-state index contributed by atoms with van der Waals surface area (Å²) in [5.74, 6) is 0.0679. The molecule has 102 valence electrons. The summed E-state index contributed by atoms with van der Waals surface area (Å²) in [5, 5.41) is 0. The largest absolute Gasteiger partial charge is 0.393 e. The van der Waals surface area contributed by atoms with Crippen molar-refractivity contribution in [3.05, 3.63) is 46.1 Å². The van der Waals surface area contributed by atoms with Crippen LogP contribution in [0.1, 0.15) is 19.5 Å². The molecule has 1 aromatic carbocycles. The summed E-state index contributed by atoms with van der Waals surface area (Å²) in [5.41, 5.74) is 7.31. The second-order valence-corrected chi connectivity index (χ2v) is 5.08. The van der Waals surface area contributed by atoms with Gasteiger partial charge in [0.2, 0.25) is 0 Å². The van der Waals surface area contributed by atoms with E-state index in [1.807, 2.05) is 0 Å². The van der Waals surface area contributed by atoms with E-state index < -0.39 is 0 Å². The number of hydrogen-bond acceptors (Lipinski definition) is 2. The third-order valence-electron chi connectivity index (χ3n) is 3.10. The van der Waals surface area contributed by atoms with Crippen molar-refractivity contribution in [3.8, 4) is 5.69 Å². The molecule has 0 saturated heterocycles. The monoisotopic (exact) mass is 263 g/mol. The first-order chi connectivity index (χ1) is 8.91. The number of nitrogens with zero attached hydrogens (tertiary/aromatic N) is 2. The molecular weight excluding hydrogens is 245 g/mol. The van der Waals surface area contributed by atoms with E-state index in [0.29, 0.717) is 11.6 Å². The summed E-state index contributed by atoms with van der Waals surface area (Å²) < 4.78 is 16.1. The molecule has 2 N–H and O–H groups in total. The SMILES string of the molecule is CC(C)Cc1c(N)c(=O)n(-c2ccc(F)cc2)n1C. The molecule has 2 rings (SSSR count). The number of nitrogens with two attached hydrogens (primary N) is 1. The van der Waals surface area contributed by atoms with Gasteiger partial charge < -0.3 is 5.73 Å². The van der Waals surface area contributed by atoms with Crippen molar-refractivity contribution in [2.75, 3.05) is 5.73 Å². The molecule has 0 atom stereocenters. The summed E-state index contributed by atoms with van der Waals surface area (Å²) in [6.07, 6.45) is 0.728. The van der Waals surface area contributed by atoms with Crippen molar-refractivity contribution in [1.29, 1.82) is 0 Å². The highest BCUT2D eigenvalue weighted by Gasteiger charge is 2.17. The van der Waals surface area contributed by atoms with Gasteiger partial charge in [0.1, 0.15) is 11.5 Å². The van der Waals surface area contributed by atoms with Gasteiger partial charge in [-0.05, 0) is 36.6 Å². The second-order valence-electron chi connectivity index (χ2n) is 5.08. The molecule has 0 amide bonds. The van der Waals surface area contributed by atoms with Crippen LogP contribution in [0.4, 0.5) is 10.1 Å². The first kappa shape index (κ1) is 13.4. The van der Waals surface area contributed by atoms with Gasteiger partial charge in [0.15, 0.2) is 0 Å². The minimum atomic E-state index is -0.332. The summed E-state index contributed by atoms with van der Waals surface area (Å²) >= 11 is 0. The lowest BCUT2D eigenvalue weighted by molar-refractivity contribution is 0.562. The normalized spacial score (nSPS) is 11.2. The van der Waals surface area contributed by atoms with Gasteiger partial charge in [-0.3, -0.25) is 9.48 Å². The average Bonchev–Trinajstić information content (AvgIpc) is 2.55. The molecule has 0 fully saturated rings. The zero-order valence-corrected chi connectivity index (χ0v) is 11.4. The van der Waals surface area contributed by atoms with Crippen LogP contribution in [0, 0.1) is 11.7 Å². The number of anilines is 1. The van der Waals surface area contributed by atoms with Crippen LogP contribution < -0.4 is 11.3 Å². The highest BCUT2D eigenvalue weighted by atomic mass is 19.1. The molecule has 4 nitrogen and oxygen atoms in total. The minimum absolute atomic E-state index is 0.259. The third kappa shape index (κ3) is 2.41. The number of benzene rings is 1. The molecule has 2 aromatic rings. The van der Waals surface area contributed by atoms with Crippen molar-refractivity contribution in [2.45, 2.75) is 20.3 Å². The zero-order valence-electron chi connectivity index (χ0n) is 11.4. The lowest BCUT2D eigenvalue weighted by atomic mass is 10.1. The molecule has 0 radical (unpaired) electrons. The van der Waals surface area contributed by atoms with Crippen LogP contribution in [0.2, 0.25) is 0 Å². The van der Waals surface area contributed by atoms with E-state index in [0.717, 1.165) is 12.1 Å². The van der Waals surface area contributed by atoms with E-state index in [4.69, 9.17) is 5.73 Å². The molecule has 0 spiro atoms. The first-order valence-corrected chi connectivity index (χ1v) is 6.24. The predicted octanol–water partition coefficient (Wildman–Crippen LogP) is 2.10. The van der Waals surface area contributed by atoms with Crippen molar-refractivity contribution >= 4 is 5.69 Å². The van der Waals surface area contributed by atoms with Crippen molar-refractivity contribution in [3.63, 3.8) is 0 Å². The number of hydrogen-bond donors (Lipinski definition) is 1. The summed E-state index contributed by atoms with van der Waals surface area (Å²) in [6, 6.07) is 5.78. The maximum atomic E-state index is 12.9. The lowest BCUT2D eigenvalue weighted by Crippen LogP contribution is -2.20. The molecule has 0 aliphatic rings. The fourth-order valence-electron chi connectivity index (χ4n) is 2.17. The van der Waals surface area contributed by atoms with Gasteiger partial charge in [-0.25, -0.2) is 9.07 Å². The van der Waals surface area contributed by atoms with Crippen LogP contribution in [-0.4, -0.2) is 9.36 Å². The van der Waals surface area contributed by atoms with Gasteiger partial charge in [-0.2, -0.15) is 0 Å². The molecule has 0 saturated carbocycles. The minimum Gasteiger partial charge on any atom is -0.393 e. The highest BCUT2D eigenvalue weighted by Crippen LogP contribution is 2.16. The van der Waals surface area contributed by atoms with Gasteiger partial charge in [0, 0.05) is 7.05 Å². The van der Waals surface area contributed by atoms with Gasteiger partial charge in [0.25, 0.3) is 5.56 Å². The van der Waals surface area contributed by atoms with E-state index in [-0.39, 0.29) is 17.1 Å². The topological polar surface area (TPSA) is 53.0 Å². The van der Waals surface area contributed by atoms with Crippen LogP contribution in [0.15, 0.2) is 29.1 Å². The molecule has 0 unspecified atom stereocenters. The lowest BCUT2D eigenvalue weighted by Gasteiger charge is -2.11. The van der Waals surface area contributed by atoms with Crippen molar-refractivity contribution < 1.29 is 4.39 Å². The smallest absolute Gasteiger partial charge is 0.294 e. The Morgan fingerprint density at radius 1 is 1.26 bits per heavy atom. The number of nitrogen functional groups attached to an aromatic ring is 1. The molecule has 1 heterocycles. The summed E-state index contributed by atoms with van der Waals surface area (Å²) in [4.78, 5) is 12.2. The van der Waals surface area contributed by atoms with Gasteiger partial charge in [0.05, 0.1) is 11.4 Å². The van der Waals surface area contributed by atoms with E-state index in [2.05, 4.69) is 13.8 Å². The van der Waals surface area contributed by atoms with E-state index in [1.54, 1.807) is 23.9 Å². The molecule has 1 aromatic heterocycles. The fourth-order valence-corrected chi connectivity index (χ4v) is 2.17. The quantitative estimate of drug-likeness (QED) is 0.922.